The Hall–Kier alpha value is -1.84. The first-order valence-corrected chi connectivity index (χ1v) is 6.81. The quantitative estimate of drug-likeness (QED) is 0.928. The van der Waals surface area contributed by atoms with Crippen molar-refractivity contribution in [3.8, 4) is 5.75 Å². The van der Waals surface area contributed by atoms with Crippen molar-refractivity contribution in [1.29, 1.82) is 0 Å². The van der Waals surface area contributed by atoms with Crippen LogP contribution in [-0.4, -0.2) is 18.8 Å². The summed E-state index contributed by atoms with van der Waals surface area (Å²) in [6.07, 6.45) is -0.235. The monoisotopic (exact) mass is 270 g/mol. The van der Waals surface area contributed by atoms with E-state index in [4.69, 9.17) is 9.47 Å². The Labute approximate surface area is 118 Å². The van der Waals surface area contributed by atoms with Crippen LogP contribution in [0.25, 0.3) is 0 Å². The summed E-state index contributed by atoms with van der Waals surface area (Å²) >= 11 is 0. The maximum atomic E-state index is 10.7. The molecule has 2 aromatic rings. The van der Waals surface area contributed by atoms with Gasteiger partial charge in [-0.05, 0) is 11.1 Å². The molecule has 2 aromatic carbocycles. The molecule has 0 radical (unpaired) electrons. The Balaban J connectivity index is 1.95. The second-order valence-corrected chi connectivity index (χ2v) is 4.95. The maximum absolute atomic E-state index is 10.7. The molecule has 0 saturated carbocycles. The second kappa shape index (κ2) is 5.65. The molecule has 1 aliphatic rings. The smallest absolute Gasteiger partial charge is 0.128 e. The molecular weight excluding hydrogens is 252 g/mol. The van der Waals surface area contributed by atoms with Gasteiger partial charge in [0.25, 0.3) is 0 Å². The van der Waals surface area contributed by atoms with Crippen molar-refractivity contribution in [2.75, 3.05) is 13.7 Å². The predicted octanol–water partition coefficient (Wildman–Crippen LogP) is 3.04. The summed E-state index contributed by atoms with van der Waals surface area (Å²) < 4.78 is 11.2. The number of para-hydroxylation sites is 1. The molecule has 0 aliphatic carbocycles. The number of hydrogen-bond acceptors (Lipinski definition) is 3. The van der Waals surface area contributed by atoms with Crippen molar-refractivity contribution in [2.45, 2.75) is 18.6 Å². The van der Waals surface area contributed by atoms with Crippen LogP contribution >= 0.6 is 0 Å². The van der Waals surface area contributed by atoms with Crippen LogP contribution in [0.3, 0.4) is 0 Å². The van der Waals surface area contributed by atoms with Crippen molar-refractivity contribution >= 4 is 0 Å². The molecule has 0 amide bonds. The summed E-state index contributed by atoms with van der Waals surface area (Å²) in [6.45, 7) is 0.683. The zero-order valence-corrected chi connectivity index (χ0v) is 11.5. The summed E-state index contributed by atoms with van der Waals surface area (Å²) in [6, 6.07) is 15.7. The van der Waals surface area contributed by atoms with E-state index in [-0.39, 0.29) is 0 Å². The lowest BCUT2D eigenvalue weighted by Crippen LogP contribution is -2.13. The molecule has 0 bridgehead atoms. The minimum atomic E-state index is -0.740. The van der Waals surface area contributed by atoms with E-state index >= 15 is 0 Å². The van der Waals surface area contributed by atoms with E-state index in [2.05, 4.69) is 0 Å². The van der Waals surface area contributed by atoms with E-state index in [1.807, 2.05) is 48.5 Å². The zero-order chi connectivity index (χ0) is 13.9. The summed E-state index contributed by atoms with van der Waals surface area (Å²) in [5.41, 5.74) is 2.92. The largest absolute Gasteiger partial charge is 0.493 e. The molecule has 1 N–H and O–H groups in total. The minimum Gasteiger partial charge on any atom is -0.493 e. The highest BCUT2D eigenvalue weighted by Crippen LogP contribution is 2.39. The van der Waals surface area contributed by atoms with E-state index in [1.54, 1.807) is 7.11 Å². The fraction of sp³-hybridized carbons (Fsp3) is 0.294. The molecule has 0 aromatic heterocycles. The van der Waals surface area contributed by atoms with Crippen molar-refractivity contribution < 1.29 is 14.6 Å². The highest BCUT2D eigenvalue weighted by Gasteiger charge is 2.27. The van der Waals surface area contributed by atoms with Gasteiger partial charge in [-0.1, -0.05) is 48.5 Å². The topological polar surface area (TPSA) is 38.7 Å². The van der Waals surface area contributed by atoms with Gasteiger partial charge in [0.15, 0.2) is 0 Å². The van der Waals surface area contributed by atoms with E-state index in [0.29, 0.717) is 6.61 Å². The highest BCUT2D eigenvalue weighted by atomic mass is 16.5. The number of ether oxygens (including phenoxy) is 2. The molecule has 3 heteroatoms. The first-order chi connectivity index (χ1) is 9.81. The lowest BCUT2D eigenvalue weighted by Gasteiger charge is -2.23. The number of aliphatic hydroxyl groups is 1. The summed E-state index contributed by atoms with van der Waals surface area (Å²) in [5, 5.41) is 10.7. The van der Waals surface area contributed by atoms with Gasteiger partial charge in [0.2, 0.25) is 0 Å². The standard InChI is InChI=1S/C17H18O3/c1-19-17(12-6-3-2-4-7-12)15(18)14-9-5-8-13-10-11-20-16(13)14/h2-9,15,17-18H,10-11H2,1H3. The van der Waals surface area contributed by atoms with Gasteiger partial charge in [-0.15, -0.1) is 0 Å². The van der Waals surface area contributed by atoms with Gasteiger partial charge >= 0.3 is 0 Å². The van der Waals surface area contributed by atoms with Crippen LogP contribution in [0.4, 0.5) is 0 Å². The fourth-order valence-electron chi connectivity index (χ4n) is 2.73. The molecular formula is C17H18O3. The van der Waals surface area contributed by atoms with E-state index in [0.717, 1.165) is 28.9 Å². The van der Waals surface area contributed by atoms with E-state index in [9.17, 15) is 5.11 Å². The summed E-state index contributed by atoms with van der Waals surface area (Å²) in [4.78, 5) is 0. The molecule has 3 rings (SSSR count). The molecule has 1 aliphatic heterocycles. The molecule has 2 atom stereocenters. The van der Waals surface area contributed by atoms with Crippen LogP contribution in [0.5, 0.6) is 5.75 Å². The molecule has 2 unspecified atom stereocenters. The Morgan fingerprint density at radius 1 is 1.10 bits per heavy atom. The van der Waals surface area contributed by atoms with Crippen LogP contribution in [0.1, 0.15) is 28.9 Å². The third-order valence-corrected chi connectivity index (χ3v) is 3.73. The predicted molar refractivity (Wildman–Crippen MR) is 76.8 cm³/mol. The molecule has 3 nitrogen and oxygen atoms in total. The molecule has 0 saturated heterocycles. The van der Waals surface area contributed by atoms with Crippen LogP contribution in [-0.2, 0) is 11.2 Å². The van der Waals surface area contributed by atoms with Crippen LogP contribution in [0, 0.1) is 0 Å². The minimum absolute atomic E-state index is 0.396. The molecule has 20 heavy (non-hydrogen) atoms. The van der Waals surface area contributed by atoms with Crippen molar-refractivity contribution in [3.63, 3.8) is 0 Å². The van der Waals surface area contributed by atoms with Gasteiger partial charge < -0.3 is 14.6 Å². The van der Waals surface area contributed by atoms with Gasteiger partial charge in [-0.3, -0.25) is 0 Å². The molecule has 0 spiro atoms. The van der Waals surface area contributed by atoms with Crippen LogP contribution in [0.15, 0.2) is 48.5 Å². The second-order valence-electron chi connectivity index (χ2n) is 4.95. The Kier molecular flexibility index (Phi) is 3.72. The van der Waals surface area contributed by atoms with Crippen LogP contribution in [0.2, 0.25) is 0 Å². The summed E-state index contributed by atoms with van der Waals surface area (Å²) in [7, 11) is 1.62. The fourth-order valence-corrected chi connectivity index (χ4v) is 2.73. The van der Waals surface area contributed by atoms with Gasteiger partial charge in [-0.25, -0.2) is 0 Å². The summed E-state index contributed by atoms with van der Waals surface area (Å²) in [5.74, 6) is 0.818. The third-order valence-electron chi connectivity index (χ3n) is 3.73. The van der Waals surface area contributed by atoms with Crippen LogP contribution < -0.4 is 4.74 Å². The molecule has 1 heterocycles. The zero-order valence-electron chi connectivity index (χ0n) is 11.5. The Morgan fingerprint density at radius 2 is 1.90 bits per heavy atom. The first kappa shape index (κ1) is 13.2. The van der Waals surface area contributed by atoms with E-state index < -0.39 is 12.2 Å². The number of hydrogen-bond donors (Lipinski definition) is 1. The number of benzene rings is 2. The van der Waals surface area contributed by atoms with Gasteiger partial charge in [-0.2, -0.15) is 0 Å². The van der Waals surface area contributed by atoms with E-state index in [1.165, 1.54) is 0 Å². The third kappa shape index (κ3) is 2.30. The van der Waals surface area contributed by atoms with Crippen molar-refractivity contribution in [1.82, 2.24) is 0 Å². The average Bonchev–Trinajstić information content (AvgIpc) is 2.97. The lowest BCUT2D eigenvalue weighted by atomic mass is 9.96. The first-order valence-electron chi connectivity index (χ1n) is 6.81. The average molecular weight is 270 g/mol. The Bertz CT molecular complexity index is 580. The Morgan fingerprint density at radius 3 is 2.65 bits per heavy atom. The molecule has 0 fully saturated rings. The SMILES string of the molecule is COC(c1ccccc1)C(O)c1cccc2c1OCC2. The highest BCUT2D eigenvalue weighted by molar-refractivity contribution is 5.46. The van der Waals surface area contributed by atoms with Gasteiger partial charge in [0.05, 0.1) is 6.61 Å². The van der Waals surface area contributed by atoms with Crippen molar-refractivity contribution in [3.05, 3.63) is 65.2 Å². The maximum Gasteiger partial charge on any atom is 0.128 e. The number of fused-ring (bicyclic) bond motifs is 1. The lowest BCUT2D eigenvalue weighted by molar-refractivity contribution is -0.0159. The number of methoxy groups -OCH3 is 1. The van der Waals surface area contributed by atoms with Gasteiger partial charge in [0.1, 0.15) is 18.0 Å². The van der Waals surface area contributed by atoms with Gasteiger partial charge in [0, 0.05) is 19.1 Å². The number of rotatable bonds is 4. The van der Waals surface area contributed by atoms with Crippen molar-refractivity contribution in [2.24, 2.45) is 0 Å². The number of aliphatic hydroxyl groups excluding tert-OH is 1. The normalized spacial score (nSPS) is 16.3. The molecule has 104 valence electrons.